The number of rotatable bonds is 5. The number of nitrogens with zero attached hydrogens (tertiary/aromatic N) is 1. The molecule has 140 valence electrons. The Kier molecular flexibility index (Phi) is 5.18. The van der Waals surface area contributed by atoms with Crippen LogP contribution in [0.15, 0.2) is 58.3 Å². The van der Waals surface area contributed by atoms with E-state index in [2.05, 4.69) is 15.5 Å². The number of benzene rings is 2. The first-order valence-corrected chi connectivity index (χ1v) is 10.1. The highest BCUT2D eigenvalue weighted by molar-refractivity contribution is 7.99. The van der Waals surface area contributed by atoms with Crippen molar-refractivity contribution in [3.05, 3.63) is 54.1 Å². The van der Waals surface area contributed by atoms with Crippen LogP contribution < -0.4 is 10.6 Å². The first-order valence-electron chi connectivity index (χ1n) is 9.25. The normalized spacial score (nSPS) is 23.2. The maximum absolute atomic E-state index is 12.5. The highest BCUT2D eigenvalue weighted by Gasteiger charge is 2.38. The van der Waals surface area contributed by atoms with Crippen LogP contribution in [0.4, 0.5) is 5.69 Å². The average molecular weight is 382 g/mol. The van der Waals surface area contributed by atoms with E-state index in [1.807, 2.05) is 48.5 Å². The molecule has 5 nitrogen and oxygen atoms in total. The van der Waals surface area contributed by atoms with Crippen LogP contribution in [0.5, 0.6) is 0 Å². The van der Waals surface area contributed by atoms with Crippen LogP contribution >= 0.6 is 11.8 Å². The largest absolute Gasteiger partial charge is 0.348 e. The van der Waals surface area contributed by atoms with Crippen molar-refractivity contribution in [2.75, 3.05) is 25.0 Å². The summed E-state index contributed by atoms with van der Waals surface area (Å²) in [6.07, 6.45) is 1.20. The summed E-state index contributed by atoms with van der Waals surface area (Å²) in [4.78, 5) is 28.1. The van der Waals surface area contributed by atoms with Gasteiger partial charge < -0.3 is 15.5 Å². The van der Waals surface area contributed by atoms with Crippen molar-refractivity contribution in [1.82, 2.24) is 10.2 Å². The van der Waals surface area contributed by atoms with E-state index in [0.29, 0.717) is 17.5 Å². The van der Waals surface area contributed by atoms with Gasteiger partial charge >= 0.3 is 0 Å². The number of piperidine rings is 1. The molecule has 0 saturated carbocycles. The van der Waals surface area contributed by atoms with Crippen LogP contribution in [0.25, 0.3) is 0 Å². The lowest BCUT2D eigenvalue weighted by molar-refractivity contribution is -0.114. The van der Waals surface area contributed by atoms with Gasteiger partial charge in [-0.25, -0.2) is 0 Å². The van der Waals surface area contributed by atoms with Crippen molar-refractivity contribution >= 4 is 29.3 Å². The molecule has 2 heterocycles. The summed E-state index contributed by atoms with van der Waals surface area (Å²) < 4.78 is 0. The molecule has 0 aromatic heterocycles. The van der Waals surface area contributed by atoms with E-state index in [-0.39, 0.29) is 11.8 Å². The monoisotopic (exact) mass is 381 g/mol. The van der Waals surface area contributed by atoms with Crippen LogP contribution in [0.2, 0.25) is 0 Å². The maximum atomic E-state index is 12.5. The number of carbonyl (C=O) groups is 2. The molecule has 6 heteroatoms. The molecular formula is C21H23N3O2S. The fourth-order valence-electron chi connectivity index (χ4n) is 3.82. The molecule has 0 aliphatic carbocycles. The quantitative estimate of drug-likeness (QED) is 0.835. The van der Waals surface area contributed by atoms with Crippen molar-refractivity contribution in [3.63, 3.8) is 0 Å². The van der Waals surface area contributed by atoms with Crippen molar-refractivity contribution in [2.45, 2.75) is 29.2 Å². The molecule has 2 aliphatic heterocycles. The number of nitrogens with one attached hydrogen (secondary N) is 2. The zero-order valence-corrected chi connectivity index (χ0v) is 16.1. The predicted octanol–water partition coefficient (Wildman–Crippen LogP) is 3.23. The Morgan fingerprint density at radius 3 is 2.22 bits per heavy atom. The summed E-state index contributed by atoms with van der Waals surface area (Å²) in [6.45, 7) is 4.78. The van der Waals surface area contributed by atoms with Crippen molar-refractivity contribution < 1.29 is 9.59 Å². The van der Waals surface area contributed by atoms with Gasteiger partial charge in [-0.15, -0.1) is 0 Å². The molecule has 0 radical (unpaired) electrons. The van der Waals surface area contributed by atoms with Crippen LogP contribution in [0, 0.1) is 5.92 Å². The number of fused-ring (bicyclic) bond motifs is 2. The molecular weight excluding hydrogens is 358 g/mol. The zero-order chi connectivity index (χ0) is 18.8. The molecule has 2 N–H and O–H groups in total. The highest BCUT2D eigenvalue weighted by atomic mass is 32.2. The van der Waals surface area contributed by atoms with Gasteiger partial charge in [-0.1, -0.05) is 11.8 Å². The van der Waals surface area contributed by atoms with Crippen LogP contribution in [-0.4, -0.2) is 42.4 Å². The van der Waals surface area contributed by atoms with Gasteiger partial charge in [0.15, 0.2) is 0 Å². The number of hydrogen-bond donors (Lipinski definition) is 2. The SMILES string of the molecule is CC(=O)Nc1ccc(Sc2ccc(C(=O)NC3CN4CCC3C4)cc2)cc1. The summed E-state index contributed by atoms with van der Waals surface area (Å²) in [7, 11) is 0. The average Bonchev–Trinajstić information content (AvgIpc) is 3.26. The molecule has 2 aliphatic rings. The second-order valence-corrected chi connectivity index (χ2v) is 8.37. The summed E-state index contributed by atoms with van der Waals surface area (Å²) in [6, 6.07) is 15.7. The molecule has 27 heavy (non-hydrogen) atoms. The minimum atomic E-state index is -0.0770. The Hall–Kier alpha value is -2.31. The fraction of sp³-hybridized carbons (Fsp3) is 0.333. The van der Waals surface area contributed by atoms with Crippen LogP contribution in [0.3, 0.4) is 0 Å². The third-order valence-corrected chi connectivity index (χ3v) is 6.19. The Morgan fingerprint density at radius 1 is 1.00 bits per heavy atom. The third-order valence-electron chi connectivity index (χ3n) is 5.18. The maximum Gasteiger partial charge on any atom is 0.251 e. The minimum absolute atomic E-state index is 0.0185. The number of anilines is 1. The topological polar surface area (TPSA) is 61.4 Å². The molecule has 2 aromatic carbocycles. The lowest BCUT2D eigenvalue weighted by Crippen LogP contribution is -2.43. The molecule has 3 atom stereocenters. The van der Waals surface area contributed by atoms with E-state index in [4.69, 9.17) is 0 Å². The van der Waals surface area contributed by atoms with E-state index in [1.54, 1.807) is 11.8 Å². The van der Waals surface area contributed by atoms with Crippen molar-refractivity contribution in [1.29, 1.82) is 0 Å². The van der Waals surface area contributed by atoms with Gasteiger partial charge in [0, 0.05) is 47.1 Å². The first-order chi connectivity index (χ1) is 13.1. The zero-order valence-electron chi connectivity index (χ0n) is 15.3. The molecule has 2 aromatic rings. The van der Waals surface area contributed by atoms with Crippen molar-refractivity contribution in [3.8, 4) is 0 Å². The van der Waals surface area contributed by atoms with E-state index in [9.17, 15) is 9.59 Å². The van der Waals surface area contributed by atoms with Gasteiger partial charge in [-0.05, 0) is 67.4 Å². The highest BCUT2D eigenvalue weighted by Crippen LogP contribution is 2.30. The summed E-state index contributed by atoms with van der Waals surface area (Å²) in [5.74, 6) is 0.557. The summed E-state index contributed by atoms with van der Waals surface area (Å²) in [5.41, 5.74) is 1.49. The third kappa shape index (κ3) is 4.34. The van der Waals surface area contributed by atoms with Gasteiger partial charge in [0.1, 0.15) is 0 Å². The molecule has 2 amide bonds. The number of carbonyl (C=O) groups excluding carboxylic acids is 2. The van der Waals surface area contributed by atoms with E-state index < -0.39 is 0 Å². The molecule has 0 spiro atoms. The van der Waals surface area contributed by atoms with Gasteiger partial charge in [0.2, 0.25) is 5.91 Å². The molecule has 3 unspecified atom stereocenters. The fourth-order valence-corrected chi connectivity index (χ4v) is 4.64. The standard InChI is InChI=1S/C21H23N3O2S/c1-14(25)22-17-4-8-19(9-5-17)27-18-6-2-15(3-7-18)21(26)23-20-13-24-11-10-16(20)12-24/h2-9,16,20H,10-13H2,1H3,(H,22,25)(H,23,26). The Labute approximate surface area is 163 Å². The van der Waals surface area contributed by atoms with E-state index >= 15 is 0 Å². The van der Waals surface area contributed by atoms with Crippen LogP contribution in [0.1, 0.15) is 23.7 Å². The molecule has 4 rings (SSSR count). The predicted molar refractivity (Wildman–Crippen MR) is 107 cm³/mol. The number of hydrogen-bond acceptors (Lipinski definition) is 4. The van der Waals surface area contributed by atoms with Crippen LogP contribution in [-0.2, 0) is 4.79 Å². The first kappa shape index (κ1) is 18.1. The Bertz CT molecular complexity index is 836. The molecule has 2 saturated heterocycles. The van der Waals surface area contributed by atoms with Gasteiger partial charge in [0.05, 0.1) is 0 Å². The molecule has 2 bridgehead atoms. The summed E-state index contributed by atoms with van der Waals surface area (Å²) in [5, 5.41) is 5.96. The van der Waals surface area contributed by atoms with E-state index in [1.165, 1.54) is 19.9 Å². The lowest BCUT2D eigenvalue weighted by Gasteiger charge is -2.23. The second kappa shape index (κ2) is 7.74. The minimum Gasteiger partial charge on any atom is -0.348 e. The Balaban J connectivity index is 1.34. The van der Waals surface area contributed by atoms with Gasteiger partial charge in [0.25, 0.3) is 5.91 Å². The summed E-state index contributed by atoms with van der Waals surface area (Å²) >= 11 is 1.63. The smallest absolute Gasteiger partial charge is 0.251 e. The van der Waals surface area contributed by atoms with E-state index in [0.717, 1.165) is 28.6 Å². The lowest BCUT2D eigenvalue weighted by atomic mass is 9.99. The molecule has 2 fully saturated rings. The van der Waals surface area contributed by atoms with Crippen molar-refractivity contribution in [2.24, 2.45) is 5.92 Å². The van der Waals surface area contributed by atoms with Gasteiger partial charge in [-0.2, -0.15) is 0 Å². The second-order valence-electron chi connectivity index (χ2n) is 7.22. The number of amides is 2. The van der Waals surface area contributed by atoms with Gasteiger partial charge in [-0.3, -0.25) is 9.59 Å². The Morgan fingerprint density at radius 2 is 1.67 bits per heavy atom.